The summed E-state index contributed by atoms with van der Waals surface area (Å²) in [6.45, 7) is 0. The Labute approximate surface area is 136 Å². The SMILES string of the molecule is O=C1/C(=C/c2ccsc2)CCc2nc(-c3ccccc3)sc21. The summed E-state index contributed by atoms with van der Waals surface area (Å²) in [5.74, 6) is 0.145. The van der Waals surface area contributed by atoms with Crippen LogP contribution in [0, 0.1) is 0 Å². The van der Waals surface area contributed by atoms with Crippen LogP contribution in [-0.4, -0.2) is 10.8 Å². The van der Waals surface area contributed by atoms with Gasteiger partial charge in [-0.05, 0) is 41.3 Å². The van der Waals surface area contributed by atoms with E-state index >= 15 is 0 Å². The second-order valence-electron chi connectivity index (χ2n) is 5.22. The third kappa shape index (κ3) is 2.45. The largest absolute Gasteiger partial charge is 0.288 e. The number of aryl methyl sites for hydroxylation is 1. The van der Waals surface area contributed by atoms with Crippen molar-refractivity contribution in [1.29, 1.82) is 0 Å². The number of thiophene rings is 1. The first-order valence-corrected chi connectivity index (χ1v) is 8.90. The molecule has 0 atom stereocenters. The molecule has 22 heavy (non-hydrogen) atoms. The molecular formula is C18H13NOS2. The molecule has 1 aliphatic carbocycles. The van der Waals surface area contributed by atoms with Crippen LogP contribution < -0.4 is 0 Å². The Balaban J connectivity index is 1.71. The summed E-state index contributed by atoms with van der Waals surface area (Å²) in [5.41, 5.74) is 4.05. The first-order valence-electron chi connectivity index (χ1n) is 7.14. The van der Waals surface area contributed by atoms with Gasteiger partial charge in [-0.3, -0.25) is 4.79 Å². The lowest BCUT2D eigenvalue weighted by Gasteiger charge is -2.11. The van der Waals surface area contributed by atoms with E-state index in [1.807, 2.05) is 47.9 Å². The van der Waals surface area contributed by atoms with Gasteiger partial charge in [0.05, 0.1) is 10.6 Å². The normalized spacial score (nSPS) is 16.0. The van der Waals surface area contributed by atoms with E-state index in [1.54, 1.807) is 11.3 Å². The summed E-state index contributed by atoms with van der Waals surface area (Å²) in [4.78, 5) is 18.2. The van der Waals surface area contributed by atoms with Gasteiger partial charge >= 0.3 is 0 Å². The van der Waals surface area contributed by atoms with Gasteiger partial charge in [0, 0.05) is 11.1 Å². The van der Waals surface area contributed by atoms with E-state index in [1.165, 1.54) is 11.3 Å². The number of carbonyl (C=O) groups excluding carboxylic acids is 1. The predicted molar refractivity (Wildman–Crippen MR) is 92.5 cm³/mol. The van der Waals surface area contributed by atoms with Gasteiger partial charge in [-0.15, -0.1) is 11.3 Å². The first-order chi connectivity index (χ1) is 10.8. The minimum absolute atomic E-state index is 0.145. The third-order valence-electron chi connectivity index (χ3n) is 3.73. The summed E-state index contributed by atoms with van der Waals surface area (Å²) < 4.78 is 0. The molecule has 2 nitrogen and oxygen atoms in total. The molecule has 1 aromatic carbocycles. The van der Waals surface area contributed by atoms with E-state index in [2.05, 4.69) is 10.4 Å². The van der Waals surface area contributed by atoms with Gasteiger partial charge in [-0.1, -0.05) is 30.3 Å². The molecule has 0 saturated carbocycles. The molecule has 0 spiro atoms. The summed E-state index contributed by atoms with van der Waals surface area (Å²) in [6, 6.07) is 12.1. The summed E-state index contributed by atoms with van der Waals surface area (Å²) in [7, 11) is 0. The van der Waals surface area contributed by atoms with Crippen LogP contribution in [0.2, 0.25) is 0 Å². The van der Waals surface area contributed by atoms with Crippen LogP contribution in [0.15, 0.2) is 52.7 Å². The maximum absolute atomic E-state index is 12.7. The standard InChI is InChI=1S/C18H13NOS2/c20-16-14(10-12-8-9-21-11-12)6-7-15-17(16)22-18(19-15)13-4-2-1-3-5-13/h1-5,8-11H,6-7H2/b14-10+. The Hall–Kier alpha value is -2.04. The highest BCUT2D eigenvalue weighted by atomic mass is 32.1. The quantitative estimate of drug-likeness (QED) is 0.615. The number of allylic oxidation sites excluding steroid dienone is 1. The fourth-order valence-corrected chi connectivity index (χ4v) is 4.32. The highest BCUT2D eigenvalue weighted by Gasteiger charge is 2.26. The van der Waals surface area contributed by atoms with Crippen molar-refractivity contribution in [2.45, 2.75) is 12.8 Å². The Bertz CT molecular complexity index is 845. The van der Waals surface area contributed by atoms with Gasteiger partial charge < -0.3 is 0 Å². The monoisotopic (exact) mass is 323 g/mol. The maximum atomic E-state index is 12.7. The fraction of sp³-hybridized carbons (Fsp3) is 0.111. The Kier molecular flexibility index (Phi) is 3.48. The molecule has 2 heterocycles. The lowest BCUT2D eigenvalue weighted by Crippen LogP contribution is -2.11. The molecule has 0 bridgehead atoms. The van der Waals surface area contributed by atoms with E-state index in [0.717, 1.165) is 45.1 Å². The number of carbonyl (C=O) groups is 1. The van der Waals surface area contributed by atoms with Crippen LogP contribution in [0.25, 0.3) is 16.6 Å². The van der Waals surface area contributed by atoms with Crippen molar-refractivity contribution in [2.75, 3.05) is 0 Å². The van der Waals surface area contributed by atoms with Crippen LogP contribution in [0.5, 0.6) is 0 Å². The summed E-state index contributed by atoms with van der Waals surface area (Å²) in [5, 5.41) is 5.04. The van der Waals surface area contributed by atoms with Crippen LogP contribution in [-0.2, 0) is 6.42 Å². The average molecular weight is 323 g/mol. The number of ketones is 1. The summed E-state index contributed by atoms with van der Waals surface area (Å²) in [6.07, 6.45) is 3.64. The molecule has 108 valence electrons. The van der Waals surface area contributed by atoms with Crippen molar-refractivity contribution in [3.63, 3.8) is 0 Å². The molecule has 0 radical (unpaired) electrons. The Morgan fingerprint density at radius 3 is 2.73 bits per heavy atom. The number of aromatic nitrogens is 1. The Morgan fingerprint density at radius 2 is 1.95 bits per heavy atom. The van der Waals surface area contributed by atoms with E-state index in [-0.39, 0.29) is 5.78 Å². The number of hydrogen-bond donors (Lipinski definition) is 0. The highest BCUT2D eigenvalue weighted by molar-refractivity contribution is 7.17. The van der Waals surface area contributed by atoms with E-state index < -0.39 is 0 Å². The van der Waals surface area contributed by atoms with Crippen molar-refractivity contribution in [2.24, 2.45) is 0 Å². The minimum atomic E-state index is 0.145. The van der Waals surface area contributed by atoms with Crippen molar-refractivity contribution in [1.82, 2.24) is 4.98 Å². The van der Waals surface area contributed by atoms with E-state index in [9.17, 15) is 4.79 Å². The van der Waals surface area contributed by atoms with Crippen molar-refractivity contribution < 1.29 is 4.79 Å². The average Bonchev–Trinajstić information content (AvgIpc) is 3.21. The number of Topliss-reactive ketones (excluding diaryl/α,β-unsaturated/α-hetero) is 1. The van der Waals surface area contributed by atoms with E-state index in [0.29, 0.717) is 0 Å². The van der Waals surface area contributed by atoms with Gasteiger partial charge in [0.25, 0.3) is 0 Å². The second kappa shape index (κ2) is 5.63. The molecule has 4 heteroatoms. The first kappa shape index (κ1) is 13.6. The number of thiazole rings is 1. The zero-order valence-corrected chi connectivity index (χ0v) is 13.4. The molecule has 0 N–H and O–H groups in total. The predicted octanol–water partition coefficient (Wildman–Crippen LogP) is 5.08. The van der Waals surface area contributed by atoms with Crippen LogP contribution in [0.3, 0.4) is 0 Å². The number of rotatable bonds is 2. The fourth-order valence-electron chi connectivity index (χ4n) is 2.61. The lowest BCUT2D eigenvalue weighted by molar-refractivity contribution is 0.103. The van der Waals surface area contributed by atoms with Gasteiger partial charge in [-0.25, -0.2) is 4.98 Å². The zero-order valence-electron chi connectivity index (χ0n) is 11.8. The molecular weight excluding hydrogens is 310 g/mol. The van der Waals surface area contributed by atoms with Crippen molar-refractivity contribution in [3.8, 4) is 10.6 Å². The molecule has 0 saturated heterocycles. The minimum Gasteiger partial charge on any atom is -0.288 e. The molecule has 1 aliphatic rings. The van der Waals surface area contributed by atoms with Crippen LogP contribution in [0.4, 0.5) is 0 Å². The van der Waals surface area contributed by atoms with Crippen molar-refractivity contribution in [3.05, 3.63) is 68.9 Å². The molecule has 0 aliphatic heterocycles. The van der Waals surface area contributed by atoms with Crippen molar-refractivity contribution >= 4 is 34.5 Å². The topological polar surface area (TPSA) is 30.0 Å². The third-order valence-corrected chi connectivity index (χ3v) is 5.58. The number of hydrogen-bond acceptors (Lipinski definition) is 4. The maximum Gasteiger partial charge on any atom is 0.200 e. The smallest absolute Gasteiger partial charge is 0.200 e. The van der Waals surface area contributed by atoms with E-state index in [4.69, 9.17) is 0 Å². The van der Waals surface area contributed by atoms with Crippen LogP contribution >= 0.6 is 22.7 Å². The second-order valence-corrected chi connectivity index (χ2v) is 7.00. The molecule has 0 amide bonds. The molecule has 0 fully saturated rings. The number of fused-ring (bicyclic) bond motifs is 1. The Morgan fingerprint density at radius 1 is 1.09 bits per heavy atom. The lowest BCUT2D eigenvalue weighted by atomic mass is 9.94. The molecule has 2 aromatic heterocycles. The molecule has 3 aromatic rings. The van der Waals surface area contributed by atoms with Crippen LogP contribution in [0.1, 0.15) is 27.3 Å². The zero-order chi connectivity index (χ0) is 14.9. The molecule has 4 rings (SSSR count). The summed E-state index contributed by atoms with van der Waals surface area (Å²) >= 11 is 3.16. The van der Waals surface area contributed by atoms with Gasteiger partial charge in [-0.2, -0.15) is 11.3 Å². The number of benzene rings is 1. The van der Waals surface area contributed by atoms with Gasteiger partial charge in [0.2, 0.25) is 5.78 Å². The number of nitrogens with zero attached hydrogens (tertiary/aromatic N) is 1. The molecule has 0 unspecified atom stereocenters. The highest BCUT2D eigenvalue weighted by Crippen LogP contribution is 2.35. The van der Waals surface area contributed by atoms with Gasteiger partial charge in [0.15, 0.2) is 0 Å². The van der Waals surface area contributed by atoms with Gasteiger partial charge in [0.1, 0.15) is 5.01 Å².